The van der Waals surface area contributed by atoms with Crippen molar-refractivity contribution in [2.75, 3.05) is 44.2 Å². The fraction of sp³-hybridized carbons (Fsp3) is 0.421. The Hall–Kier alpha value is -2.67. The predicted molar refractivity (Wildman–Crippen MR) is 100 cm³/mol. The average Bonchev–Trinajstić information content (AvgIpc) is 2.66. The van der Waals surface area contributed by atoms with Gasteiger partial charge in [-0.15, -0.1) is 0 Å². The van der Waals surface area contributed by atoms with E-state index in [0.29, 0.717) is 12.1 Å². The van der Waals surface area contributed by atoms with Crippen LogP contribution in [-0.4, -0.2) is 65.2 Å². The number of aryl methyl sites for hydroxylation is 1. The number of rotatable bonds is 6. The number of nitrogens with one attached hydrogen (secondary N) is 1. The van der Waals surface area contributed by atoms with Crippen molar-refractivity contribution in [2.45, 2.75) is 13.3 Å². The SMILES string of the molecule is Cc1ccc(C(=O)NCCCN2CCN(c3ncccn3)CC2)c(O)c1. The highest BCUT2D eigenvalue weighted by Gasteiger charge is 2.18. The number of hydrogen-bond donors (Lipinski definition) is 2. The number of phenolic OH excluding ortho intramolecular Hbond substituents is 1. The lowest BCUT2D eigenvalue weighted by Gasteiger charge is -2.34. The molecular formula is C19H25N5O2. The van der Waals surface area contributed by atoms with Gasteiger partial charge in [-0.05, 0) is 43.7 Å². The molecule has 1 fully saturated rings. The zero-order valence-electron chi connectivity index (χ0n) is 15.1. The van der Waals surface area contributed by atoms with E-state index < -0.39 is 0 Å². The number of carbonyl (C=O) groups excluding carboxylic acids is 1. The topological polar surface area (TPSA) is 81.6 Å². The molecule has 0 saturated carbocycles. The fourth-order valence-electron chi connectivity index (χ4n) is 3.06. The molecular weight excluding hydrogens is 330 g/mol. The standard InChI is InChI=1S/C19H25N5O2/c1-15-4-5-16(17(25)14-15)18(26)20-8-3-9-23-10-12-24(13-11-23)19-21-6-2-7-22-19/h2,4-7,14,25H,3,8-13H2,1H3,(H,20,26). The number of nitrogens with zero attached hydrogens (tertiary/aromatic N) is 4. The molecule has 3 rings (SSSR count). The predicted octanol–water partition coefficient (Wildman–Crippen LogP) is 1.43. The first-order valence-electron chi connectivity index (χ1n) is 8.95. The van der Waals surface area contributed by atoms with Crippen molar-refractivity contribution in [1.82, 2.24) is 20.2 Å². The maximum atomic E-state index is 12.1. The second-order valence-corrected chi connectivity index (χ2v) is 6.51. The summed E-state index contributed by atoms with van der Waals surface area (Å²) in [5.74, 6) is 0.590. The van der Waals surface area contributed by atoms with Crippen LogP contribution in [0.4, 0.5) is 5.95 Å². The molecule has 0 bridgehead atoms. The summed E-state index contributed by atoms with van der Waals surface area (Å²) in [6.45, 7) is 7.15. The third-order valence-electron chi connectivity index (χ3n) is 4.54. The summed E-state index contributed by atoms with van der Waals surface area (Å²) in [4.78, 5) is 25.3. The number of amides is 1. The van der Waals surface area contributed by atoms with E-state index in [9.17, 15) is 9.90 Å². The molecule has 1 aromatic heterocycles. The van der Waals surface area contributed by atoms with E-state index in [-0.39, 0.29) is 11.7 Å². The lowest BCUT2D eigenvalue weighted by atomic mass is 10.1. The number of benzene rings is 1. The molecule has 2 aromatic rings. The minimum atomic E-state index is -0.228. The van der Waals surface area contributed by atoms with Gasteiger partial charge in [-0.3, -0.25) is 9.69 Å². The Balaban J connectivity index is 1.36. The van der Waals surface area contributed by atoms with Gasteiger partial charge in [0.15, 0.2) is 0 Å². The summed E-state index contributed by atoms with van der Waals surface area (Å²) in [7, 11) is 0. The van der Waals surface area contributed by atoms with Gasteiger partial charge in [0.1, 0.15) is 5.75 Å². The monoisotopic (exact) mass is 355 g/mol. The summed E-state index contributed by atoms with van der Waals surface area (Å²) < 4.78 is 0. The summed E-state index contributed by atoms with van der Waals surface area (Å²) in [5.41, 5.74) is 1.26. The van der Waals surface area contributed by atoms with E-state index in [1.165, 1.54) is 0 Å². The van der Waals surface area contributed by atoms with Crippen molar-refractivity contribution in [3.63, 3.8) is 0 Å². The smallest absolute Gasteiger partial charge is 0.255 e. The maximum absolute atomic E-state index is 12.1. The molecule has 0 spiro atoms. The van der Waals surface area contributed by atoms with Crippen LogP contribution in [0.25, 0.3) is 0 Å². The van der Waals surface area contributed by atoms with Crippen molar-refractivity contribution in [3.8, 4) is 5.75 Å². The second kappa shape index (κ2) is 8.62. The minimum absolute atomic E-state index is 0.0294. The van der Waals surface area contributed by atoms with Crippen LogP contribution < -0.4 is 10.2 Å². The summed E-state index contributed by atoms with van der Waals surface area (Å²) >= 11 is 0. The Morgan fingerprint density at radius 2 is 1.92 bits per heavy atom. The Labute approximate surface area is 153 Å². The van der Waals surface area contributed by atoms with Crippen LogP contribution in [-0.2, 0) is 0 Å². The number of aromatic nitrogens is 2. The third kappa shape index (κ3) is 4.70. The van der Waals surface area contributed by atoms with Crippen LogP contribution in [0.15, 0.2) is 36.7 Å². The largest absolute Gasteiger partial charge is 0.507 e. The first kappa shape index (κ1) is 18.1. The van der Waals surface area contributed by atoms with Gasteiger partial charge in [0.05, 0.1) is 5.56 Å². The van der Waals surface area contributed by atoms with E-state index in [0.717, 1.165) is 50.7 Å². The van der Waals surface area contributed by atoms with E-state index in [1.54, 1.807) is 24.5 Å². The molecule has 1 aliphatic rings. The first-order valence-corrected chi connectivity index (χ1v) is 8.95. The molecule has 0 atom stereocenters. The highest BCUT2D eigenvalue weighted by atomic mass is 16.3. The molecule has 1 saturated heterocycles. The maximum Gasteiger partial charge on any atom is 0.255 e. The van der Waals surface area contributed by atoms with Crippen LogP contribution in [0.5, 0.6) is 5.75 Å². The van der Waals surface area contributed by atoms with Crippen LogP contribution in [0.3, 0.4) is 0 Å². The van der Waals surface area contributed by atoms with Gasteiger partial charge in [-0.2, -0.15) is 0 Å². The van der Waals surface area contributed by atoms with Gasteiger partial charge in [0.25, 0.3) is 5.91 Å². The van der Waals surface area contributed by atoms with Crippen molar-refractivity contribution in [1.29, 1.82) is 0 Å². The molecule has 2 N–H and O–H groups in total. The Morgan fingerprint density at radius 1 is 1.19 bits per heavy atom. The van der Waals surface area contributed by atoms with Crippen molar-refractivity contribution in [3.05, 3.63) is 47.8 Å². The molecule has 1 aliphatic heterocycles. The molecule has 1 amide bonds. The fourth-order valence-corrected chi connectivity index (χ4v) is 3.06. The summed E-state index contributed by atoms with van der Waals surface area (Å²) in [5, 5.41) is 12.7. The van der Waals surface area contributed by atoms with Gasteiger partial charge in [-0.1, -0.05) is 6.07 Å². The quantitative estimate of drug-likeness (QED) is 0.763. The van der Waals surface area contributed by atoms with Crippen molar-refractivity contribution < 1.29 is 9.90 Å². The Bertz CT molecular complexity index is 730. The number of aromatic hydroxyl groups is 1. The number of hydrogen-bond acceptors (Lipinski definition) is 6. The second-order valence-electron chi connectivity index (χ2n) is 6.51. The molecule has 2 heterocycles. The van der Waals surface area contributed by atoms with Gasteiger partial charge in [0, 0.05) is 45.1 Å². The summed E-state index contributed by atoms with van der Waals surface area (Å²) in [6, 6.07) is 6.91. The summed E-state index contributed by atoms with van der Waals surface area (Å²) in [6.07, 6.45) is 4.41. The third-order valence-corrected chi connectivity index (χ3v) is 4.54. The lowest BCUT2D eigenvalue weighted by Crippen LogP contribution is -2.47. The molecule has 7 heteroatoms. The highest BCUT2D eigenvalue weighted by Crippen LogP contribution is 2.18. The molecule has 0 aliphatic carbocycles. The van der Waals surface area contributed by atoms with Crippen molar-refractivity contribution in [2.24, 2.45) is 0 Å². The van der Waals surface area contributed by atoms with Gasteiger partial charge in [0.2, 0.25) is 5.95 Å². The highest BCUT2D eigenvalue weighted by molar-refractivity contribution is 5.96. The molecule has 1 aromatic carbocycles. The minimum Gasteiger partial charge on any atom is -0.507 e. The van der Waals surface area contributed by atoms with Crippen LogP contribution in [0.1, 0.15) is 22.3 Å². The lowest BCUT2D eigenvalue weighted by molar-refractivity contribution is 0.0949. The Kier molecular flexibility index (Phi) is 6.01. The zero-order chi connectivity index (χ0) is 18.4. The van der Waals surface area contributed by atoms with E-state index >= 15 is 0 Å². The number of phenols is 1. The van der Waals surface area contributed by atoms with Crippen LogP contribution in [0.2, 0.25) is 0 Å². The Morgan fingerprint density at radius 3 is 2.62 bits per heavy atom. The zero-order valence-corrected chi connectivity index (χ0v) is 15.1. The molecule has 0 radical (unpaired) electrons. The number of carbonyl (C=O) groups is 1. The van der Waals surface area contributed by atoms with Crippen LogP contribution >= 0.6 is 0 Å². The van der Waals surface area contributed by atoms with Crippen LogP contribution in [0, 0.1) is 6.92 Å². The van der Waals surface area contributed by atoms with E-state index in [1.807, 2.05) is 19.1 Å². The molecule has 26 heavy (non-hydrogen) atoms. The normalized spacial score (nSPS) is 15.0. The van der Waals surface area contributed by atoms with Gasteiger partial charge < -0.3 is 15.3 Å². The molecule has 0 unspecified atom stereocenters. The van der Waals surface area contributed by atoms with Gasteiger partial charge >= 0.3 is 0 Å². The first-order chi connectivity index (χ1) is 12.6. The van der Waals surface area contributed by atoms with E-state index in [2.05, 4.69) is 25.1 Å². The van der Waals surface area contributed by atoms with Crippen molar-refractivity contribution >= 4 is 11.9 Å². The van der Waals surface area contributed by atoms with Gasteiger partial charge in [-0.25, -0.2) is 9.97 Å². The number of piperazine rings is 1. The molecule has 7 nitrogen and oxygen atoms in total. The molecule has 138 valence electrons. The number of anilines is 1. The average molecular weight is 355 g/mol. The van der Waals surface area contributed by atoms with E-state index in [4.69, 9.17) is 0 Å².